The number of carboxylic acid groups (broad SMARTS) is 1. The van der Waals surface area contributed by atoms with E-state index in [0.29, 0.717) is 13.0 Å². The number of carbonyl (C=O) groups is 1. The Labute approximate surface area is 109 Å². The summed E-state index contributed by atoms with van der Waals surface area (Å²) in [6, 6.07) is 0. The monoisotopic (exact) mass is 255 g/mol. The van der Waals surface area contributed by atoms with Crippen molar-refractivity contribution < 1.29 is 15.0 Å². The van der Waals surface area contributed by atoms with Crippen LogP contribution < -0.4 is 0 Å². The fourth-order valence-corrected chi connectivity index (χ4v) is 3.40. The maximum Gasteiger partial charge on any atom is 0.323 e. The highest BCUT2D eigenvalue weighted by Gasteiger charge is 2.44. The quantitative estimate of drug-likeness (QED) is 0.810. The molecule has 1 aliphatic heterocycles. The fourth-order valence-electron chi connectivity index (χ4n) is 3.40. The van der Waals surface area contributed by atoms with Crippen molar-refractivity contribution in [2.75, 3.05) is 13.1 Å². The van der Waals surface area contributed by atoms with Crippen LogP contribution in [0, 0.1) is 0 Å². The number of hydrogen-bond acceptors (Lipinski definition) is 3. The normalized spacial score (nSPS) is 33.2. The zero-order valence-corrected chi connectivity index (χ0v) is 11.3. The van der Waals surface area contributed by atoms with Gasteiger partial charge in [-0.05, 0) is 45.6 Å². The van der Waals surface area contributed by atoms with E-state index in [2.05, 4.69) is 0 Å². The molecule has 0 spiro atoms. The van der Waals surface area contributed by atoms with Crippen molar-refractivity contribution in [3.05, 3.63) is 0 Å². The zero-order chi connectivity index (χ0) is 13.2. The maximum absolute atomic E-state index is 11.5. The predicted octanol–water partition coefficient (Wildman–Crippen LogP) is 2.01. The second-order valence-corrected chi connectivity index (χ2v) is 6.24. The van der Waals surface area contributed by atoms with E-state index in [-0.39, 0.29) is 0 Å². The van der Waals surface area contributed by atoms with Crippen LogP contribution in [0.3, 0.4) is 0 Å². The second-order valence-electron chi connectivity index (χ2n) is 6.24. The summed E-state index contributed by atoms with van der Waals surface area (Å²) in [5.41, 5.74) is -1.45. The van der Waals surface area contributed by atoms with Gasteiger partial charge in [0, 0.05) is 6.54 Å². The Morgan fingerprint density at radius 3 is 2.33 bits per heavy atom. The molecule has 4 nitrogen and oxygen atoms in total. The molecule has 0 radical (unpaired) electrons. The fraction of sp³-hybridized carbons (Fsp3) is 0.929. The number of carboxylic acids is 1. The average molecular weight is 255 g/mol. The van der Waals surface area contributed by atoms with Gasteiger partial charge >= 0.3 is 5.97 Å². The van der Waals surface area contributed by atoms with Crippen LogP contribution in [0.5, 0.6) is 0 Å². The number of β-amino-alcohol motifs (C(OH)–C–C–N with tert-alkyl or cyclic N) is 1. The molecule has 0 aromatic heterocycles. The molecular formula is C14H25NO3. The number of hydrogen-bond donors (Lipinski definition) is 2. The van der Waals surface area contributed by atoms with Gasteiger partial charge in [0.25, 0.3) is 0 Å². The summed E-state index contributed by atoms with van der Waals surface area (Å²) in [5.74, 6) is -0.749. The molecule has 1 aliphatic carbocycles. The molecule has 2 fully saturated rings. The Bertz CT molecular complexity index is 312. The SMILES string of the molecule is CC1(C(=O)O)CCCCN1CC1(O)CCCCC1. The van der Waals surface area contributed by atoms with Gasteiger partial charge in [0.15, 0.2) is 0 Å². The Balaban J connectivity index is 2.07. The summed E-state index contributed by atoms with van der Waals surface area (Å²) >= 11 is 0. The van der Waals surface area contributed by atoms with Gasteiger partial charge in [0.2, 0.25) is 0 Å². The van der Waals surface area contributed by atoms with E-state index in [9.17, 15) is 15.0 Å². The number of piperidine rings is 1. The summed E-state index contributed by atoms with van der Waals surface area (Å²) in [6.07, 6.45) is 7.66. The lowest BCUT2D eigenvalue weighted by Gasteiger charge is -2.46. The van der Waals surface area contributed by atoms with Crippen molar-refractivity contribution in [1.82, 2.24) is 4.90 Å². The molecule has 0 aromatic carbocycles. The van der Waals surface area contributed by atoms with Crippen molar-refractivity contribution in [1.29, 1.82) is 0 Å². The highest BCUT2D eigenvalue weighted by molar-refractivity contribution is 5.78. The summed E-state index contributed by atoms with van der Waals surface area (Å²) in [5, 5.41) is 20.1. The van der Waals surface area contributed by atoms with E-state index < -0.39 is 17.1 Å². The Kier molecular flexibility index (Phi) is 3.97. The molecule has 1 unspecified atom stereocenters. The number of aliphatic carboxylic acids is 1. The van der Waals surface area contributed by atoms with Crippen molar-refractivity contribution in [3.63, 3.8) is 0 Å². The van der Waals surface area contributed by atoms with Crippen molar-refractivity contribution in [3.8, 4) is 0 Å². The summed E-state index contributed by atoms with van der Waals surface area (Å²) in [7, 11) is 0. The van der Waals surface area contributed by atoms with Crippen LogP contribution >= 0.6 is 0 Å². The van der Waals surface area contributed by atoms with Gasteiger partial charge in [0.1, 0.15) is 5.54 Å². The highest BCUT2D eigenvalue weighted by atomic mass is 16.4. The van der Waals surface area contributed by atoms with Gasteiger partial charge in [-0.25, -0.2) is 0 Å². The van der Waals surface area contributed by atoms with Crippen molar-refractivity contribution >= 4 is 5.97 Å². The highest BCUT2D eigenvalue weighted by Crippen LogP contribution is 2.34. The van der Waals surface area contributed by atoms with Gasteiger partial charge in [-0.3, -0.25) is 9.69 Å². The molecule has 0 amide bonds. The van der Waals surface area contributed by atoms with E-state index in [0.717, 1.165) is 45.1 Å². The molecule has 1 saturated heterocycles. The van der Waals surface area contributed by atoms with Crippen LogP contribution in [0.25, 0.3) is 0 Å². The molecule has 2 rings (SSSR count). The molecule has 104 valence electrons. The molecule has 1 saturated carbocycles. The lowest BCUT2D eigenvalue weighted by atomic mass is 9.81. The summed E-state index contributed by atoms with van der Waals surface area (Å²) in [6.45, 7) is 3.13. The molecule has 0 aromatic rings. The first-order valence-electron chi connectivity index (χ1n) is 7.17. The third-order valence-corrected chi connectivity index (χ3v) is 4.77. The standard InChI is InChI=1S/C14H25NO3/c1-13(12(16)17)7-5-6-10-15(13)11-14(18)8-3-2-4-9-14/h18H,2-11H2,1H3,(H,16,17). The Morgan fingerprint density at radius 1 is 1.11 bits per heavy atom. The molecule has 2 aliphatic rings. The van der Waals surface area contributed by atoms with Crippen LogP contribution in [0.15, 0.2) is 0 Å². The van der Waals surface area contributed by atoms with Crippen LogP contribution in [-0.4, -0.2) is 45.3 Å². The minimum atomic E-state index is -0.786. The topological polar surface area (TPSA) is 60.8 Å². The number of nitrogens with zero attached hydrogens (tertiary/aromatic N) is 1. The van der Waals surface area contributed by atoms with E-state index in [1.54, 1.807) is 6.92 Å². The number of rotatable bonds is 3. The first-order chi connectivity index (χ1) is 8.46. The van der Waals surface area contributed by atoms with Crippen LogP contribution in [-0.2, 0) is 4.79 Å². The van der Waals surface area contributed by atoms with Gasteiger partial charge in [-0.2, -0.15) is 0 Å². The first-order valence-corrected chi connectivity index (χ1v) is 7.17. The van der Waals surface area contributed by atoms with Crippen LogP contribution in [0.4, 0.5) is 0 Å². The van der Waals surface area contributed by atoms with Gasteiger partial charge < -0.3 is 10.2 Å². The first kappa shape index (κ1) is 13.8. The Morgan fingerprint density at radius 2 is 1.72 bits per heavy atom. The molecule has 4 heteroatoms. The van der Waals surface area contributed by atoms with E-state index >= 15 is 0 Å². The van der Waals surface area contributed by atoms with Gasteiger partial charge in [-0.15, -0.1) is 0 Å². The van der Waals surface area contributed by atoms with Crippen LogP contribution in [0.2, 0.25) is 0 Å². The maximum atomic E-state index is 11.5. The minimum Gasteiger partial charge on any atom is -0.480 e. The second kappa shape index (κ2) is 5.17. The number of likely N-dealkylation sites (tertiary alicyclic amines) is 1. The van der Waals surface area contributed by atoms with E-state index in [1.165, 1.54) is 6.42 Å². The molecule has 18 heavy (non-hydrogen) atoms. The minimum absolute atomic E-state index is 0.524. The lowest BCUT2D eigenvalue weighted by Crippen LogP contribution is -2.59. The predicted molar refractivity (Wildman–Crippen MR) is 69.5 cm³/mol. The molecule has 1 heterocycles. The molecular weight excluding hydrogens is 230 g/mol. The van der Waals surface area contributed by atoms with Gasteiger partial charge in [0.05, 0.1) is 5.60 Å². The average Bonchev–Trinajstić information content (AvgIpc) is 2.33. The van der Waals surface area contributed by atoms with E-state index in [1.807, 2.05) is 4.90 Å². The van der Waals surface area contributed by atoms with Crippen molar-refractivity contribution in [2.45, 2.75) is 69.4 Å². The van der Waals surface area contributed by atoms with Gasteiger partial charge in [-0.1, -0.05) is 19.3 Å². The molecule has 1 atom stereocenters. The third-order valence-electron chi connectivity index (χ3n) is 4.77. The molecule has 2 N–H and O–H groups in total. The number of aliphatic hydroxyl groups is 1. The largest absolute Gasteiger partial charge is 0.480 e. The smallest absolute Gasteiger partial charge is 0.323 e. The Hall–Kier alpha value is -0.610. The lowest BCUT2D eigenvalue weighted by molar-refractivity contribution is -0.156. The zero-order valence-electron chi connectivity index (χ0n) is 11.3. The molecule has 0 bridgehead atoms. The third kappa shape index (κ3) is 2.69. The van der Waals surface area contributed by atoms with Crippen molar-refractivity contribution in [2.24, 2.45) is 0 Å². The van der Waals surface area contributed by atoms with Crippen LogP contribution in [0.1, 0.15) is 58.3 Å². The van der Waals surface area contributed by atoms with E-state index in [4.69, 9.17) is 0 Å². The summed E-state index contributed by atoms with van der Waals surface area (Å²) < 4.78 is 0. The summed E-state index contributed by atoms with van der Waals surface area (Å²) in [4.78, 5) is 13.5.